The largest absolute Gasteiger partial charge is 0.478 e. The van der Waals surface area contributed by atoms with Gasteiger partial charge >= 0.3 is 5.97 Å². The maximum atomic E-state index is 11.2. The molecule has 2 N–H and O–H groups in total. The van der Waals surface area contributed by atoms with E-state index < -0.39 is 5.97 Å². The molecule has 1 amide bonds. The molecule has 4 nitrogen and oxygen atoms in total. The molecular formula is C12H12ClNO3. The Morgan fingerprint density at radius 1 is 1.47 bits per heavy atom. The average molecular weight is 254 g/mol. The van der Waals surface area contributed by atoms with Gasteiger partial charge in [0.15, 0.2) is 0 Å². The fourth-order valence-corrected chi connectivity index (χ4v) is 1.31. The first-order valence-electron chi connectivity index (χ1n) is 5.03. The van der Waals surface area contributed by atoms with Crippen molar-refractivity contribution in [3.05, 3.63) is 34.9 Å². The van der Waals surface area contributed by atoms with Gasteiger partial charge in [-0.25, -0.2) is 4.79 Å². The van der Waals surface area contributed by atoms with Gasteiger partial charge in [0, 0.05) is 12.5 Å². The van der Waals surface area contributed by atoms with Crippen LogP contribution >= 0.6 is 11.6 Å². The summed E-state index contributed by atoms with van der Waals surface area (Å²) in [4.78, 5) is 21.6. The van der Waals surface area contributed by atoms with Gasteiger partial charge < -0.3 is 10.4 Å². The van der Waals surface area contributed by atoms with Crippen LogP contribution in [-0.4, -0.2) is 17.0 Å². The predicted octanol–water partition coefficient (Wildman–Crippen LogP) is 2.79. The van der Waals surface area contributed by atoms with E-state index in [9.17, 15) is 9.59 Å². The first-order valence-corrected chi connectivity index (χ1v) is 5.41. The highest BCUT2D eigenvalue weighted by atomic mass is 35.5. The van der Waals surface area contributed by atoms with Crippen molar-refractivity contribution < 1.29 is 14.7 Å². The van der Waals surface area contributed by atoms with Crippen LogP contribution in [0.3, 0.4) is 0 Å². The quantitative estimate of drug-likeness (QED) is 0.811. The van der Waals surface area contributed by atoms with E-state index in [1.165, 1.54) is 6.08 Å². The molecule has 0 radical (unpaired) electrons. The third-order valence-electron chi connectivity index (χ3n) is 2.00. The molecule has 17 heavy (non-hydrogen) atoms. The van der Waals surface area contributed by atoms with Crippen LogP contribution in [0.1, 0.15) is 18.9 Å². The summed E-state index contributed by atoms with van der Waals surface area (Å²) in [6.45, 7) is 1.73. The molecule has 0 bridgehead atoms. The number of hydrogen-bond donors (Lipinski definition) is 2. The molecule has 0 saturated carbocycles. The van der Waals surface area contributed by atoms with Crippen LogP contribution < -0.4 is 5.32 Å². The number of carboxylic acid groups (broad SMARTS) is 1. The van der Waals surface area contributed by atoms with Gasteiger partial charge in [-0.3, -0.25) is 4.79 Å². The second kappa shape index (κ2) is 6.06. The number of carboxylic acids is 1. The minimum Gasteiger partial charge on any atom is -0.478 e. The summed E-state index contributed by atoms with van der Waals surface area (Å²) in [7, 11) is 0. The number of nitrogens with one attached hydrogen (secondary N) is 1. The Kier molecular flexibility index (Phi) is 4.72. The van der Waals surface area contributed by atoms with Crippen LogP contribution in [0.4, 0.5) is 5.69 Å². The summed E-state index contributed by atoms with van der Waals surface area (Å²) in [6, 6.07) is 4.90. The molecule has 1 rings (SSSR count). The van der Waals surface area contributed by atoms with E-state index in [1.807, 2.05) is 0 Å². The Labute approximate surface area is 104 Å². The standard InChI is InChI=1S/C12H12ClNO3/c1-2-11(15)14-10-7-8(3-5-9(10)13)4-6-12(16)17/h3-7H,2H2,1H3,(H,14,15)(H,16,17)/b6-4+. The highest BCUT2D eigenvalue weighted by Crippen LogP contribution is 2.23. The number of carbonyl (C=O) groups excluding carboxylic acids is 1. The first kappa shape index (κ1) is 13.3. The van der Waals surface area contributed by atoms with Gasteiger partial charge in [0.05, 0.1) is 10.7 Å². The van der Waals surface area contributed by atoms with E-state index in [0.29, 0.717) is 22.7 Å². The van der Waals surface area contributed by atoms with E-state index >= 15 is 0 Å². The Hall–Kier alpha value is -1.81. The number of amides is 1. The molecule has 0 heterocycles. The second-order valence-corrected chi connectivity index (χ2v) is 3.72. The lowest BCUT2D eigenvalue weighted by Crippen LogP contribution is -2.09. The lowest BCUT2D eigenvalue weighted by Gasteiger charge is -2.06. The zero-order valence-electron chi connectivity index (χ0n) is 9.24. The Morgan fingerprint density at radius 3 is 2.76 bits per heavy atom. The summed E-state index contributed by atoms with van der Waals surface area (Å²) in [6.07, 6.45) is 2.81. The number of halogens is 1. The van der Waals surface area contributed by atoms with Crippen molar-refractivity contribution in [2.45, 2.75) is 13.3 Å². The maximum absolute atomic E-state index is 11.2. The van der Waals surface area contributed by atoms with E-state index in [0.717, 1.165) is 6.08 Å². The van der Waals surface area contributed by atoms with Crippen LogP contribution in [0.2, 0.25) is 5.02 Å². The van der Waals surface area contributed by atoms with Gasteiger partial charge in [0.1, 0.15) is 0 Å². The molecule has 1 aromatic carbocycles. The lowest BCUT2D eigenvalue weighted by atomic mass is 10.2. The number of hydrogen-bond acceptors (Lipinski definition) is 2. The monoisotopic (exact) mass is 253 g/mol. The van der Waals surface area contributed by atoms with Gasteiger partial charge in [0.25, 0.3) is 0 Å². The highest BCUT2D eigenvalue weighted by Gasteiger charge is 2.04. The SMILES string of the molecule is CCC(=O)Nc1cc(/C=C/C(=O)O)ccc1Cl. The molecule has 0 aliphatic carbocycles. The normalized spacial score (nSPS) is 10.5. The summed E-state index contributed by atoms with van der Waals surface area (Å²) in [5.41, 5.74) is 1.13. The molecule has 0 atom stereocenters. The molecule has 0 fully saturated rings. The van der Waals surface area contributed by atoms with E-state index in [-0.39, 0.29) is 5.91 Å². The number of rotatable bonds is 4. The van der Waals surface area contributed by atoms with Crippen molar-refractivity contribution in [3.8, 4) is 0 Å². The van der Waals surface area contributed by atoms with Crippen LogP contribution in [0.15, 0.2) is 24.3 Å². The molecule has 0 saturated heterocycles. The van der Waals surface area contributed by atoms with Crippen LogP contribution in [-0.2, 0) is 9.59 Å². The van der Waals surface area contributed by atoms with Crippen molar-refractivity contribution in [1.29, 1.82) is 0 Å². The third-order valence-corrected chi connectivity index (χ3v) is 2.33. The highest BCUT2D eigenvalue weighted by molar-refractivity contribution is 6.33. The fourth-order valence-electron chi connectivity index (χ4n) is 1.15. The second-order valence-electron chi connectivity index (χ2n) is 3.31. The number of benzene rings is 1. The van der Waals surface area contributed by atoms with Crippen LogP contribution in [0, 0.1) is 0 Å². The van der Waals surface area contributed by atoms with Gasteiger partial charge in [-0.05, 0) is 23.8 Å². The molecule has 0 aliphatic rings. The van der Waals surface area contributed by atoms with E-state index in [1.54, 1.807) is 25.1 Å². The molecule has 0 aliphatic heterocycles. The predicted molar refractivity (Wildman–Crippen MR) is 67.0 cm³/mol. The average Bonchev–Trinajstić information content (AvgIpc) is 2.29. The Morgan fingerprint density at radius 2 is 2.18 bits per heavy atom. The Balaban J connectivity index is 2.94. The molecular weight excluding hydrogens is 242 g/mol. The van der Waals surface area contributed by atoms with Gasteiger partial charge in [-0.1, -0.05) is 24.6 Å². The Bertz CT molecular complexity index is 469. The van der Waals surface area contributed by atoms with Crippen molar-refractivity contribution in [1.82, 2.24) is 0 Å². The zero-order valence-corrected chi connectivity index (χ0v) is 9.99. The minimum atomic E-state index is -1.03. The summed E-state index contributed by atoms with van der Waals surface area (Å²) >= 11 is 5.90. The van der Waals surface area contributed by atoms with Crippen molar-refractivity contribution in [2.24, 2.45) is 0 Å². The first-order chi connectivity index (χ1) is 8.02. The minimum absolute atomic E-state index is 0.147. The summed E-state index contributed by atoms with van der Waals surface area (Å²) < 4.78 is 0. The van der Waals surface area contributed by atoms with Crippen LogP contribution in [0.25, 0.3) is 6.08 Å². The fraction of sp³-hybridized carbons (Fsp3) is 0.167. The summed E-state index contributed by atoms with van der Waals surface area (Å²) in [5.74, 6) is -1.18. The van der Waals surface area contributed by atoms with E-state index in [2.05, 4.69) is 5.32 Å². The topological polar surface area (TPSA) is 66.4 Å². The number of anilines is 1. The number of carbonyl (C=O) groups is 2. The van der Waals surface area contributed by atoms with Gasteiger partial charge in [0.2, 0.25) is 5.91 Å². The zero-order chi connectivity index (χ0) is 12.8. The molecule has 0 aromatic heterocycles. The van der Waals surface area contributed by atoms with Crippen LogP contribution in [0.5, 0.6) is 0 Å². The lowest BCUT2D eigenvalue weighted by molar-refractivity contribution is -0.131. The smallest absolute Gasteiger partial charge is 0.328 e. The molecule has 1 aromatic rings. The van der Waals surface area contributed by atoms with Crippen molar-refractivity contribution in [2.75, 3.05) is 5.32 Å². The van der Waals surface area contributed by atoms with Gasteiger partial charge in [-0.15, -0.1) is 0 Å². The van der Waals surface area contributed by atoms with Gasteiger partial charge in [-0.2, -0.15) is 0 Å². The summed E-state index contributed by atoms with van der Waals surface area (Å²) in [5, 5.41) is 11.6. The third kappa shape index (κ3) is 4.28. The molecule has 90 valence electrons. The molecule has 0 spiro atoms. The van der Waals surface area contributed by atoms with E-state index in [4.69, 9.17) is 16.7 Å². The van der Waals surface area contributed by atoms with Crippen molar-refractivity contribution >= 4 is 35.2 Å². The van der Waals surface area contributed by atoms with Crippen molar-refractivity contribution in [3.63, 3.8) is 0 Å². The molecule has 0 unspecified atom stereocenters. The number of aliphatic carboxylic acids is 1. The molecule has 5 heteroatoms. The maximum Gasteiger partial charge on any atom is 0.328 e.